The molecule has 3 rings (SSSR count). The molecule has 0 aliphatic carbocycles. The maximum Gasteiger partial charge on any atom is 0.135 e. The Labute approximate surface area is 129 Å². The SMILES string of the molecule is CCCNC1CC(c2cccs2)Oc2cc(OC)ccc21. The van der Waals surface area contributed by atoms with Crippen LogP contribution in [0.25, 0.3) is 0 Å². The highest BCUT2D eigenvalue weighted by Gasteiger charge is 2.29. The zero-order valence-corrected chi connectivity index (χ0v) is 13.3. The van der Waals surface area contributed by atoms with Crippen LogP contribution >= 0.6 is 11.3 Å². The lowest BCUT2D eigenvalue weighted by Gasteiger charge is -2.32. The van der Waals surface area contributed by atoms with Crippen LogP contribution in [0.3, 0.4) is 0 Å². The lowest BCUT2D eigenvalue weighted by Crippen LogP contribution is -2.29. The van der Waals surface area contributed by atoms with Crippen molar-refractivity contribution >= 4 is 11.3 Å². The van der Waals surface area contributed by atoms with Gasteiger partial charge >= 0.3 is 0 Å². The minimum Gasteiger partial charge on any atom is -0.497 e. The molecule has 112 valence electrons. The normalized spacial score (nSPS) is 20.7. The predicted molar refractivity (Wildman–Crippen MR) is 86.3 cm³/mol. The van der Waals surface area contributed by atoms with Crippen LogP contribution in [0, 0.1) is 0 Å². The van der Waals surface area contributed by atoms with Gasteiger partial charge in [-0.15, -0.1) is 11.3 Å². The summed E-state index contributed by atoms with van der Waals surface area (Å²) < 4.78 is 11.5. The van der Waals surface area contributed by atoms with Crippen LogP contribution in [-0.2, 0) is 0 Å². The summed E-state index contributed by atoms with van der Waals surface area (Å²) in [5.41, 5.74) is 1.23. The number of benzene rings is 1. The third kappa shape index (κ3) is 3.06. The minimum atomic E-state index is 0.124. The quantitative estimate of drug-likeness (QED) is 0.892. The maximum atomic E-state index is 6.22. The molecule has 0 radical (unpaired) electrons. The molecule has 2 heterocycles. The first kappa shape index (κ1) is 14.4. The molecule has 0 fully saturated rings. The summed E-state index contributed by atoms with van der Waals surface area (Å²) in [6.45, 7) is 3.21. The molecule has 0 bridgehead atoms. The third-order valence-electron chi connectivity index (χ3n) is 3.82. The Morgan fingerprint density at radius 3 is 3.00 bits per heavy atom. The monoisotopic (exact) mass is 303 g/mol. The van der Waals surface area contributed by atoms with Crippen molar-refractivity contribution in [3.8, 4) is 11.5 Å². The first-order valence-corrected chi connectivity index (χ1v) is 8.31. The van der Waals surface area contributed by atoms with E-state index in [4.69, 9.17) is 9.47 Å². The van der Waals surface area contributed by atoms with Crippen LogP contribution in [0.1, 0.15) is 42.4 Å². The zero-order chi connectivity index (χ0) is 14.7. The molecule has 4 heteroatoms. The number of methoxy groups -OCH3 is 1. The molecule has 1 aliphatic heterocycles. The zero-order valence-electron chi connectivity index (χ0n) is 12.5. The first-order chi connectivity index (χ1) is 10.3. The van der Waals surface area contributed by atoms with Gasteiger partial charge in [0.15, 0.2) is 0 Å². The van der Waals surface area contributed by atoms with E-state index >= 15 is 0 Å². The van der Waals surface area contributed by atoms with Crippen molar-refractivity contribution < 1.29 is 9.47 Å². The van der Waals surface area contributed by atoms with Crippen LogP contribution in [-0.4, -0.2) is 13.7 Å². The standard InChI is InChI=1S/C17H21NO2S/c1-3-8-18-14-11-16(17-5-4-9-21-17)20-15-10-12(19-2)6-7-13(14)15/h4-7,9-10,14,16,18H,3,8,11H2,1-2H3. The van der Waals surface area contributed by atoms with Crippen molar-refractivity contribution in [1.29, 1.82) is 0 Å². The Morgan fingerprint density at radius 2 is 2.29 bits per heavy atom. The number of hydrogen-bond donors (Lipinski definition) is 1. The van der Waals surface area contributed by atoms with E-state index in [0.29, 0.717) is 6.04 Å². The fraction of sp³-hybridized carbons (Fsp3) is 0.412. The van der Waals surface area contributed by atoms with Crippen LogP contribution in [0.2, 0.25) is 0 Å². The van der Waals surface area contributed by atoms with Gasteiger partial charge < -0.3 is 14.8 Å². The Kier molecular flexibility index (Phi) is 4.46. The van der Waals surface area contributed by atoms with E-state index in [0.717, 1.165) is 30.9 Å². The Morgan fingerprint density at radius 1 is 1.38 bits per heavy atom. The average Bonchev–Trinajstić information content (AvgIpc) is 3.06. The number of rotatable bonds is 5. The topological polar surface area (TPSA) is 30.5 Å². The van der Waals surface area contributed by atoms with Gasteiger partial charge in [0.25, 0.3) is 0 Å². The van der Waals surface area contributed by atoms with Gasteiger partial charge in [0.2, 0.25) is 0 Å². The van der Waals surface area contributed by atoms with E-state index < -0.39 is 0 Å². The fourth-order valence-electron chi connectivity index (χ4n) is 2.73. The number of ether oxygens (including phenoxy) is 2. The second kappa shape index (κ2) is 6.50. The molecule has 0 spiro atoms. The number of thiophene rings is 1. The van der Waals surface area contributed by atoms with Gasteiger partial charge in [-0.2, -0.15) is 0 Å². The van der Waals surface area contributed by atoms with Crippen molar-refractivity contribution in [3.05, 3.63) is 46.2 Å². The maximum absolute atomic E-state index is 6.22. The highest BCUT2D eigenvalue weighted by molar-refractivity contribution is 7.10. The van der Waals surface area contributed by atoms with E-state index in [1.807, 2.05) is 12.1 Å². The molecular formula is C17H21NO2S. The average molecular weight is 303 g/mol. The molecule has 1 aliphatic rings. The number of nitrogens with one attached hydrogen (secondary N) is 1. The second-order valence-corrected chi connectivity index (χ2v) is 6.25. The van der Waals surface area contributed by atoms with Crippen LogP contribution in [0.5, 0.6) is 11.5 Å². The van der Waals surface area contributed by atoms with Gasteiger partial charge in [0.05, 0.1) is 7.11 Å². The van der Waals surface area contributed by atoms with Gasteiger partial charge in [-0.25, -0.2) is 0 Å². The first-order valence-electron chi connectivity index (χ1n) is 7.43. The molecule has 21 heavy (non-hydrogen) atoms. The van der Waals surface area contributed by atoms with E-state index in [1.165, 1.54) is 10.4 Å². The second-order valence-electron chi connectivity index (χ2n) is 5.27. The highest BCUT2D eigenvalue weighted by atomic mass is 32.1. The van der Waals surface area contributed by atoms with Gasteiger partial charge in [0.1, 0.15) is 17.6 Å². The molecule has 3 nitrogen and oxygen atoms in total. The molecule has 0 amide bonds. The highest BCUT2D eigenvalue weighted by Crippen LogP contribution is 2.43. The molecule has 2 unspecified atom stereocenters. The molecule has 1 N–H and O–H groups in total. The molecule has 0 saturated heterocycles. The van der Waals surface area contributed by atoms with Crippen LogP contribution in [0.4, 0.5) is 0 Å². The van der Waals surface area contributed by atoms with Crippen molar-refractivity contribution in [2.75, 3.05) is 13.7 Å². The Bertz CT molecular complexity index is 582. The summed E-state index contributed by atoms with van der Waals surface area (Å²) in [4.78, 5) is 1.28. The third-order valence-corrected chi connectivity index (χ3v) is 4.78. The summed E-state index contributed by atoms with van der Waals surface area (Å²) in [5.74, 6) is 1.78. The van der Waals surface area contributed by atoms with E-state index in [9.17, 15) is 0 Å². The summed E-state index contributed by atoms with van der Waals surface area (Å²) in [6.07, 6.45) is 2.23. The Hall–Kier alpha value is -1.52. The molecule has 0 saturated carbocycles. The van der Waals surface area contributed by atoms with Gasteiger partial charge in [-0.1, -0.05) is 19.1 Å². The van der Waals surface area contributed by atoms with Crippen molar-refractivity contribution in [2.45, 2.75) is 31.9 Å². The van der Waals surface area contributed by atoms with Gasteiger partial charge in [-0.05, 0) is 30.5 Å². The summed E-state index contributed by atoms with van der Waals surface area (Å²) in [5, 5.41) is 5.75. The van der Waals surface area contributed by atoms with Crippen LogP contribution < -0.4 is 14.8 Å². The lowest BCUT2D eigenvalue weighted by molar-refractivity contribution is 0.154. The fourth-order valence-corrected chi connectivity index (χ4v) is 3.50. The lowest BCUT2D eigenvalue weighted by atomic mass is 9.95. The van der Waals surface area contributed by atoms with Crippen molar-refractivity contribution in [1.82, 2.24) is 5.32 Å². The van der Waals surface area contributed by atoms with Crippen molar-refractivity contribution in [2.24, 2.45) is 0 Å². The summed E-state index contributed by atoms with van der Waals surface area (Å²) in [6, 6.07) is 10.7. The Balaban J connectivity index is 1.91. The molecule has 1 aromatic carbocycles. The number of fused-ring (bicyclic) bond motifs is 1. The van der Waals surface area contributed by atoms with Crippen LogP contribution in [0.15, 0.2) is 35.7 Å². The molecule has 2 aromatic rings. The number of hydrogen-bond acceptors (Lipinski definition) is 4. The molecule has 2 atom stereocenters. The summed E-state index contributed by atoms with van der Waals surface area (Å²) >= 11 is 1.76. The summed E-state index contributed by atoms with van der Waals surface area (Å²) in [7, 11) is 1.69. The molecular weight excluding hydrogens is 282 g/mol. The van der Waals surface area contributed by atoms with Gasteiger partial charge in [-0.3, -0.25) is 0 Å². The van der Waals surface area contributed by atoms with Crippen molar-refractivity contribution in [3.63, 3.8) is 0 Å². The smallest absolute Gasteiger partial charge is 0.135 e. The molecule has 1 aromatic heterocycles. The largest absolute Gasteiger partial charge is 0.497 e. The van der Waals surface area contributed by atoms with E-state index in [1.54, 1.807) is 18.4 Å². The predicted octanol–water partition coefficient (Wildman–Crippen LogP) is 4.32. The van der Waals surface area contributed by atoms with E-state index in [-0.39, 0.29) is 6.10 Å². The van der Waals surface area contributed by atoms with E-state index in [2.05, 4.69) is 35.8 Å². The minimum absolute atomic E-state index is 0.124. The van der Waals surface area contributed by atoms with Gasteiger partial charge in [0, 0.05) is 29.0 Å².